The van der Waals surface area contributed by atoms with Crippen LogP contribution in [-0.2, 0) is 6.54 Å². The summed E-state index contributed by atoms with van der Waals surface area (Å²) in [5, 5.41) is 15.7. The summed E-state index contributed by atoms with van der Waals surface area (Å²) >= 11 is 0. The van der Waals surface area contributed by atoms with Gasteiger partial charge in [-0.05, 0) is 19.1 Å². The zero-order valence-corrected chi connectivity index (χ0v) is 9.40. The predicted octanol–water partition coefficient (Wildman–Crippen LogP) is 1.04. The molecule has 1 unspecified atom stereocenters. The molecule has 3 rings (SSSR count). The predicted molar refractivity (Wildman–Crippen MR) is 63.3 cm³/mol. The Labute approximate surface area is 97.7 Å². The van der Waals surface area contributed by atoms with Crippen LogP contribution in [0.3, 0.4) is 0 Å². The van der Waals surface area contributed by atoms with Crippen LogP contribution < -0.4 is 10.9 Å². The van der Waals surface area contributed by atoms with E-state index >= 15 is 0 Å². The van der Waals surface area contributed by atoms with Crippen molar-refractivity contribution in [2.24, 2.45) is 0 Å². The fourth-order valence-corrected chi connectivity index (χ4v) is 2.25. The molecule has 1 aromatic carbocycles. The van der Waals surface area contributed by atoms with Crippen molar-refractivity contribution in [2.45, 2.75) is 19.5 Å². The number of fused-ring (bicyclic) bond motifs is 1. The number of rotatable bonds is 1. The van der Waals surface area contributed by atoms with Crippen molar-refractivity contribution in [3.63, 3.8) is 0 Å². The van der Waals surface area contributed by atoms with E-state index in [0.717, 1.165) is 11.3 Å². The van der Waals surface area contributed by atoms with Crippen molar-refractivity contribution < 1.29 is 5.11 Å². The van der Waals surface area contributed by atoms with Crippen LogP contribution in [0.4, 0.5) is 0 Å². The highest BCUT2D eigenvalue weighted by Crippen LogP contribution is 2.21. The minimum Gasteiger partial charge on any atom is -0.508 e. The summed E-state index contributed by atoms with van der Waals surface area (Å²) in [6.07, 6.45) is 0. The number of hydrogen-bond donors (Lipinski definition) is 3. The van der Waals surface area contributed by atoms with Gasteiger partial charge in [0.15, 0.2) is 0 Å². The number of aromatic nitrogens is 2. The van der Waals surface area contributed by atoms with Gasteiger partial charge in [0.05, 0.1) is 16.9 Å². The molecule has 2 heterocycles. The minimum absolute atomic E-state index is 0.0527. The maximum atomic E-state index is 12.2. The number of aromatic amines is 1. The zero-order chi connectivity index (χ0) is 12.0. The van der Waals surface area contributed by atoms with E-state index in [1.165, 1.54) is 4.68 Å². The maximum Gasteiger partial charge on any atom is 0.276 e. The summed E-state index contributed by atoms with van der Waals surface area (Å²) in [7, 11) is 0. The molecule has 17 heavy (non-hydrogen) atoms. The van der Waals surface area contributed by atoms with Gasteiger partial charge in [-0.25, -0.2) is 4.68 Å². The van der Waals surface area contributed by atoms with Crippen molar-refractivity contribution in [3.05, 3.63) is 45.9 Å². The monoisotopic (exact) mass is 231 g/mol. The molecule has 1 aliphatic heterocycles. The lowest BCUT2D eigenvalue weighted by molar-refractivity contribution is 0.474. The van der Waals surface area contributed by atoms with Crippen molar-refractivity contribution in [1.29, 1.82) is 0 Å². The topological polar surface area (TPSA) is 70.1 Å². The van der Waals surface area contributed by atoms with Gasteiger partial charge in [0.1, 0.15) is 5.75 Å². The number of hydrogen-bond acceptors (Lipinski definition) is 3. The van der Waals surface area contributed by atoms with E-state index in [0.29, 0.717) is 12.2 Å². The van der Waals surface area contributed by atoms with Crippen molar-refractivity contribution in [3.8, 4) is 11.4 Å². The second-order valence-corrected chi connectivity index (χ2v) is 4.27. The van der Waals surface area contributed by atoms with Gasteiger partial charge in [-0.2, -0.15) is 0 Å². The first-order valence-electron chi connectivity index (χ1n) is 5.53. The standard InChI is InChI=1S/C12H13N3O2/c1-7-11-10(6-13-7)14-15(12(11)17)8-3-2-4-9(16)5-8/h2-5,7,13-14,16H,6H2,1H3. The second-order valence-electron chi connectivity index (χ2n) is 4.27. The first-order valence-corrected chi connectivity index (χ1v) is 5.53. The Morgan fingerprint density at radius 3 is 3.00 bits per heavy atom. The minimum atomic E-state index is -0.0527. The average molecular weight is 231 g/mol. The lowest BCUT2D eigenvalue weighted by Crippen LogP contribution is -2.22. The number of benzene rings is 1. The number of nitrogens with one attached hydrogen (secondary N) is 2. The van der Waals surface area contributed by atoms with Gasteiger partial charge in [-0.15, -0.1) is 0 Å². The van der Waals surface area contributed by atoms with Crippen LogP contribution in [-0.4, -0.2) is 14.9 Å². The Balaban J connectivity index is 2.18. The number of nitrogens with zero attached hydrogens (tertiary/aromatic N) is 1. The molecule has 0 bridgehead atoms. The molecule has 0 amide bonds. The van der Waals surface area contributed by atoms with Crippen molar-refractivity contribution in [1.82, 2.24) is 15.1 Å². The molecule has 5 nitrogen and oxygen atoms in total. The van der Waals surface area contributed by atoms with E-state index < -0.39 is 0 Å². The van der Waals surface area contributed by atoms with Gasteiger partial charge in [-0.3, -0.25) is 9.89 Å². The Morgan fingerprint density at radius 1 is 1.47 bits per heavy atom. The molecular formula is C12H13N3O2. The van der Waals surface area contributed by atoms with Crippen LogP contribution in [0.2, 0.25) is 0 Å². The SMILES string of the molecule is CC1NCc2[nH]n(-c3cccc(O)c3)c(=O)c21. The quantitative estimate of drug-likeness (QED) is 0.686. The van der Waals surface area contributed by atoms with Crippen molar-refractivity contribution >= 4 is 0 Å². The molecule has 0 aliphatic carbocycles. The van der Waals surface area contributed by atoms with Crippen LogP contribution in [0.25, 0.3) is 5.69 Å². The molecule has 0 fully saturated rings. The molecule has 3 N–H and O–H groups in total. The molecule has 0 radical (unpaired) electrons. The Morgan fingerprint density at radius 2 is 2.29 bits per heavy atom. The van der Waals surface area contributed by atoms with Gasteiger partial charge in [-0.1, -0.05) is 6.07 Å². The van der Waals surface area contributed by atoms with Crippen LogP contribution >= 0.6 is 0 Å². The van der Waals surface area contributed by atoms with Crippen molar-refractivity contribution in [2.75, 3.05) is 0 Å². The number of aromatic hydroxyl groups is 1. The van der Waals surface area contributed by atoms with Crippen LogP contribution in [0.1, 0.15) is 24.2 Å². The first kappa shape index (κ1) is 10.2. The highest BCUT2D eigenvalue weighted by molar-refractivity contribution is 5.40. The third kappa shape index (κ3) is 1.47. The van der Waals surface area contributed by atoms with Gasteiger partial charge in [0.25, 0.3) is 5.56 Å². The molecular weight excluding hydrogens is 218 g/mol. The lowest BCUT2D eigenvalue weighted by atomic mass is 10.2. The molecule has 0 spiro atoms. The average Bonchev–Trinajstić information content (AvgIpc) is 2.81. The van der Waals surface area contributed by atoms with E-state index in [1.807, 2.05) is 6.92 Å². The third-order valence-corrected chi connectivity index (χ3v) is 3.11. The molecule has 88 valence electrons. The lowest BCUT2D eigenvalue weighted by Gasteiger charge is -2.04. The molecule has 1 aliphatic rings. The van der Waals surface area contributed by atoms with E-state index in [1.54, 1.807) is 24.3 Å². The summed E-state index contributed by atoms with van der Waals surface area (Å²) in [6.45, 7) is 2.64. The van der Waals surface area contributed by atoms with E-state index in [4.69, 9.17) is 0 Å². The van der Waals surface area contributed by atoms with Gasteiger partial charge in [0.2, 0.25) is 0 Å². The Bertz CT molecular complexity index is 627. The Kier molecular flexibility index (Phi) is 2.09. The van der Waals surface area contributed by atoms with Gasteiger partial charge >= 0.3 is 0 Å². The fourth-order valence-electron chi connectivity index (χ4n) is 2.25. The van der Waals surface area contributed by atoms with E-state index in [2.05, 4.69) is 10.4 Å². The maximum absolute atomic E-state index is 12.2. The molecule has 1 aromatic heterocycles. The number of H-pyrrole nitrogens is 1. The second kappa shape index (κ2) is 3.49. The number of phenols is 1. The largest absolute Gasteiger partial charge is 0.508 e. The summed E-state index contributed by atoms with van der Waals surface area (Å²) in [5.41, 5.74) is 2.30. The smallest absolute Gasteiger partial charge is 0.276 e. The molecule has 0 saturated heterocycles. The summed E-state index contributed by atoms with van der Waals surface area (Å²) < 4.78 is 1.47. The molecule has 1 atom stereocenters. The van der Waals surface area contributed by atoms with E-state index in [-0.39, 0.29) is 17.4 Å². The number of phenolic OH excluding ortho intramolecular Hbond substituents is 1. The van der Waals surface area contributed by atoms with Gasteiger partial charge < -0.3 is 10.4 Å². The van der Waals surface area contributed by atoms with Crippen LogP contribution in [0, 0.1) is 0 Å². The molecule has 2 aromatic rings. The fraction of sp³-hybridized carbons (Fsp3) is 0.250. The summed E-state index contributed by atoms with van der Waals surface area (Å²) in [5.74, 6) is 0.148. The first-order chi connectivity index (χ1) is 8.16. The highest BCUT2D eigenvalue weighted by atomic mass is 16.3. The molecule has 5 heteroatoms. The molecule has 0 saturated carbocycles. The summed E-state index contributed by atoms with van der Waals surface area (Å²) in [4.78, 5) is 12.2. The van der Waals surface area contributed by atoms with E-state index in [9.17, 15) is 9.90 Å². The zero-order valence-electron chi connectivity index (χ0n) is 9.40. The highest BCUT2D eigenvalue weighted by Gasteiger charge is 2.25. The van der Waals surface area contributed by atoms with Gasteiger partial charge in [0, 0.05) is 18.7 Å². The third-order valence-electron chi connectivity index (χ3n) is 3.11. The van der Waals surface area contributed by atoms with Crippen LogP contribution in [0.15, 0.2) is 29.1 Å². The summed E-state index contributed by atoms with van der Waals surface area (Å²) in [6, 6.07) is 6.71. The Hall–Kier alpha value is -2.01. The van der Waals surface area contributed by atoms with Crippen LogP contribution in [0.5, 0.6) is 5.75 Å². The normalized spacial score (nSPS) is 18.3.